The molecule has 92 valence electrons. The van der Waals surface area contributed by atoms with Crippen LogP contribution in [0, 0.1) is 0 Å². The molecule has 2 rings (SSSR count). The zero-order valence-corrected chi connectivity index (χ0v) is 12.1. The molecule has 0 aliphatic heterocycles. The third-order valence-corrected chi connectivity index (χ3v) is 3.97. The van der Waals surface area contributed by atoms with Crippen LogP contribution >= 0.6 is 27.3 Å². The lowest BCUT2D eigenvalue weighted by Crippen LogP contribution is -1.92. The van der Waals surface area contributed by atoms with Crippen LogP contribution in [-0.2, 0) is 9.53 Å². The first-order valence-corrected chi connectivity index (χ1v) is 6.92. The number of methoxy groups -OCH3 is 1. The number of carbonyl (C=O) groups excluding carboxylic acids is 1. The molecular weight excluding hydrogens is 312 g/mol. The van der Waals surface area contributed by atoms with E-state index < -0.39 is 0 Å². The third kappa shape index (κ3) is 3.31. The number of ether oxygens (including phenoxy) is 1. The largest absolute Gasteiger partial charge is 0.466 e. The van der Waals surface area contributed by atoms with E-state index in [2.05, 4.69) is 32.8 Å². The van der Waals surface area contributed by atoms with Gasteiger partial charge in [-0.3, -0.25) is 0 Å². The van der Waals surface area contributed by atoms with Crippen molar-refractivity contribution in [3.8, 4) is 10.4 Å². The molecular formula is C14H11BrO2S. The number of hydrogen-bond acceptors (Lipinski definition) is 3. The maximum atomic E-state index is 11.0. The Balaban J connectivity index is 2.18. The highest BCUT2D eigenvalue weighted by molar-refractivity contribution is 9.10. The molecule has 18 heavy (non-hydrogen) atoms. The molecule has 1 heterocycles. The average molecular weight is 323 g/mol. The Labute approximate surface area is 118 Å². The van der Waals surface area contributed by atoms with Gasteiger partial charge in [-0.1, -0.05) is 28.1 Å². The van der Waals surface area contributed by atoms with Crippen molar-refractivity contribution in [1.82, 2.24) is 0 Å². The van der Waals surface area contributed by atoms with E-state index in [1.807, 2.05) is 24.3 Å². The van der Waals surface area contributed by atoms with Gasteiger partial charge in [0.15, 0.2) is 0 Å². The Kier molecular flexibility index (Phi) is 4.33. The lowest BCUT2D eigenvalue weighted by atomic mass is 10.2. The van der Waals surface area contributed by atoms with Crippen molar-refractivity contribution in [2.24, 2.45) is 0 Å². The summed E-state index contributed by atoms with van der Waals surface area (Å²) in [7, 11) is 1.37. The third-order valence-electron chi connectivity index (χ3n) is 2.34. The lowest BCUT2D eigenvalue weighted by molar-refractivity contribution is -0.134. The van der Waals surface area contributed by atoms with Gasteiger partial charge in [-0.2, -0.15) is 0 Å². The molecule has 2 nitrogen and oxygen atoms in total. The fraction of sp³-hybridized carbons (Fsp3) is 0.0714. The minimum atomic E-state index is -0.339. The molecule has 0 aliphatic rings. The SMILES string of the molecule is COC(=O)/C=C/c1ccc(-c2ccc(Br)cc2)s1. The molecule has 0 amide bonds. The van der Waals surface area contributed by atoms with Gasteiger partial charge in [0.05, 0.1) is 7.11 Å². The van der Waals surface area contributed by atoms with Crippen LogP contribution in [0.5, 0.6) is 0 Å². The van der Waals surface area contributed by atoms with Gasteiger partial charge < -0.3 is 4.74 Å². The van der Waals surface area contributed by atoms with Crippen molar-refractivity contribution < 1.29 is 9.53 Å². The maximum Gasteiger partial charge on any atom is 0.330 e. The standard InChI is InChI=1S/C14H11BrO2S/c1-17-14(16)9-7-12-6-8-13(18-12)10-2-4-11(15)5-3-10/h2-9H,1H3/b9-7+. The van der Waals surface area contributed by atoms with Crippen LogP contribution < -0.4 is 0 Å². The van der Waals surface area contributed by atoms with E-state index in [4.69, 9.17) is 0 Å². The van der Waals surface area contributed by atoms with Crippen molar-refractivity contribution in [3.63, 3.8) is 0 Å². The van der Waals surface area contributed by atoms with Crippen molar-refractivity contribution in [3.05, 3.63) is 51.8 Å². The number of hydrogen-bond donors (Lipinski definition) is 0. The second-order valence-corrected chi connectivity index (χ2v) is 5.60. The van der Waals surface area contributed by atoms with Crippen LogP contribution in [0.2, 0.25) is 0 Å². The summed E-state index contributed by atoms with van der Waals surface area (Å²) in [5, 5.41) is 0. The lowest BCUT2D eigenvalue weighted by Gasteiger charge is -1.96. The van der Waals surface area contributed by atoms with Gasteiger partial charge in [-0.15, -0.1) is 11.3 Å². The number of thiophene rings is 1. The fourth-order valence-electron chi connectivity index (χ4n) is 1.43. The van der Waals surface area contributed by atoms with E-state index in [0.29, 0.717) is 0 Å². The van der Waals surface area contributed by atoms with Crippen LogP contribution in [0.15, 0.2) is 46.9 Å². The minimum absolute atomic E-state index is 0.339. The van der Waals surface area contributed by atoms with Gasteiger partial charge in [0.1, 0.15) is 0 Å². The van der Waals surface area contributed by atoms with E-state index in [0.717, 1.165) is 9.35 Å². The average Bonchev–Trinajstić information content (AvgIpc) is 2.85. The number of esters is 1. The Morgan fingerprint density at radius 3 is 2.61 bits per heavy atom. The zero-order valence-electron chi connectivity index (χ0n) is 9.72. The quantitative estimate of drug-likeness (QED) is 0.619. The molecule has 0 aliphatic carbocycles. The summed E-state index contributed by atoms with van der Waals surface area (Å²) in [6.07, 6.45) is 3.19. The maximum absolute atomic E-state index is 11.0. The van der Waals surface area contributed by atoms with Gasteiger partial charge in [0.2, 0.25) is 0 Å². The summed E-state index contributed by atoms with van der Waals surface area (Å²) in [4.78, 5) is 13.2. The van der Waals surface area contributed by atoms with Crippen LogP contribution in [0.4, 0.5) is 0 Å². The molecule has 0 bridgehead atoms. The molecule has 1 aromatic heterocycles. The van der Waals surface area contributed by atoms with E-state index in [1.165, 1.54) is 23.6 Å². The summed E-state index contributed by atoms with van der Waals surface area (Å²) in [6, 6.07) is 12.2. The molecule has 0 atom stereocenters. The topological polar surface area (TPSA) is 26.3 Å². The summed E-state index contributed by atoms with van der Waals surface area (Å²) in [5.41, 5.74) is 1.17. The zero-order chi connectivity index (χ0) is 13.0. The van der Waals surface area contributed by atoms with Gasteiger partial charge in [0.25, 0.3) is 0 Å². The minimum Gasteiger partial charge on any atom is -0.466 e. The van der Waals surface area contributed by atoms with Gasteiger partial charge in [0, 0.05) is 20.3 Å². The predicted octanol–water partition coefficient (Wildman–Crippen LogP) is 4.36. The second kappa shape index (κ2) is 5.98. The van der Waals surface area contributed by atoms with Crippen molar-refractivity contribution in [2.45, 2.75) is 0 Å². The molecule has 0 radical (unpaired) electrons. The number of carbonyl (C=O) groups is 1. The molecule has 1 aromatic carbocycles. The Morgan fingerprint density at radius 2 is 1.94 bits per heavy atom. The predicted molar refractivity (Wildman–Crippen MR) is 78.5 cm³/mol. The Hall–Kier alpha value is -1.39. The summed E-state index contributed by atoms with van der Waals surface area (Å²) in [5.74, 6) is -0.339. The molecule has 0 spiro atoms. The van der Waals surface area contributed by atoms with Gasteiger partial charge in [-0.05, 0) is 35.9 Å². The molecule has 0 N–H and O–H groups in total. The monoisotopic (exact) mass is 322 g/mol. The number of benzene rings is 1. The molecule has 0 saturated heterocycles. The molecule has 0 saturated carbocycles. The summed E-state index contributed by atoms with van der Waals surface area (Å²) < 4.78 is 5.61. The van der Waals surface area contributed by atoms with E-state index >= 15 is 0 Å². The Bertz CT molecular complexity index is 570. The van der Waals surface area contributed by atoms with Crippen LogP contribution in [0.3, 0.4) is 0 Å². The van der Waals surface area contributed by atoms with Crippen LogP contribution in [0.25, 0.3) is 16.5 Å². The summed E-state index contributed by atoms with van der Waals surface area (Å²) in [6.45, 7) is 0. The molecule has 4 heteroatoms. The van der Waals surface area contributed by atoms with Crippen LogP contribution in [-0.4, -0.2) is 13.1 Å². The van der Waals surface area contributed by atoms with E-state index in [9.17, 15) is 4.79 Å². The Morgan fingerprint density at radius 1 is 1.22 bits per heavy atom. The second-order valence-electron chi connectivity index (χ2n) is 3.57. The van der Waals surface area contributed by atoms with E-state index in [1.54, 1.807) is 17.4 Å². The fourth-order valence-corrected chi connectivity index (χ4v) is 2.61. The highest BCUT2D eigenvalue weighted by atomic mass is 79.9. The van der Waals surface area contributed by atoms with Crippen LogP contribution in [0.1, 0.15) is 4.88 Å². The highest BCUT2D eigenvalue weighted by Gasteiger charge is 2.01. The van der Waals surface area contributed by atoms with Gasteiger partial charge in [-0.25, -0.2) is 4.79 Å². The number of halogens is 1. The van der Waals surface area contributed by atoms with Crippen molar-refractivity contribution in [1.29, 1.82) is 0 Å². The number of rotatable bonds is 3. The molecule has 0 unspecified atom stereocenters. The summed E-state index contributed by atoms with van der Waals surface area (Å²) >= 11 is 5.05. The van der Waals surface area contributed by atoms with E-state index in [-0.39, 0.29) is 5.97 Å². The first-order valence-electron chi connectivity index (χ1n) is 5.31. The normalized spacial score (nSPS) is 10.8. The van der Waals surface area contributed by atoms with Gasteiger partial charge >= 0.3 is 5.97 Å². The smallest absolute Gasteiger partial charge is 0.330 e. The molecule has 0 fully saturated rings. The highest BCUT2D eigenvalue weighted by Crippen LogP contribution is 2.29. The first kappa shape index (κ1) is 13.1. The van der Waals surface area contributed by atoms with Crippen molar-refractivity contribution in [2.75, 3.05) is 7.11 Å². The first-order chi connectivity index (χ1) is 8.69. The van der Waals surface area contributed by atoms with Crippen molar-refractivity contribution >= 4 is 39.3 Å². The molecule has 2 aromatic rings.